The largest absolute Gasteiger partial charge is 0.489 e. The fourth-order valence-electron chi connectivity index (χ4n) is 3.16. The number of hydrogen-bond donors (Lipinski definition) is 1. The highest BCUT2D eigenvalue weighted by atomic mass is 35.5. The van der Waals surface area contributed by atoms with Crippen molar-refractivity contribution in [1.29, 1.82) is 0 Å². The van der Waals surface area contributed by atoms with Crippen LogP contribution in [0, 0.1) is 5.92 Å². The molecule has 136 valence electrons. The summed E-state index contributed by atoms with van der Waals surface area (Å²) in [6.07, 6.45) is -2.22. The molecule has 0 aromatic heterocycles. The van der Waals surface area contributed by atoms with E-state index < -0.39 is 23.8 Å². The molecule has 3 rings (SSSR count). The predicted molar refractivity (Wildman–Crippen MR) is 85.0 cm³/mol. The zero-order valence-electron chi connectivity index (χ0n) is 13.1. The highest BCUT2D eigenvalue weighted by Gasteiger charge is 2.49. The van der Waals surface area contributed by atoms with E-state index in [9.17, 15) is 18.0 Å². The van der Waals surface area contributed by atoms with Crippen LogP contribution in [-0.4, -0.2) is 30.0 Å². The summed E-state index contributed by atoms with van der Waals surface area (Å²) in [7, 11) is 0. The fourth-order valence-corrected chi connectivity index (χ4v) is 3.37. The van der Waals surface area contributed by atoms with Crippen LogP contribution in [0.4, 0.5) is 13.2 Å². The maximum absolute atomic E-state index is 13.2. The summed E-state index contributed by atoms with van der Waals surface area (Å²) in [4.78, 5) is 11.2. The minimum Gasteiger partial charge on any atom is -0.489 e. The molecule has 1 N–H and O–H groups in total. The topological polar surface area (TPSA) is 55.8 Å². The third kappa shape index (κ3) is 3.86. The van der Waals surface area contributed by atoms with Crippen LogP contribution in [0.15, 0.2) is 17.7 Å². The van der Waals surface area contributed by atoms with E-state index >= 15 is 0 Å². The number of ether oxygens (including phenoxy) is 2. The van der Waals surface area contributed by atoms with Crippen LogP contribution in [0.3, 0.4) is 0 Å². The van der Waals surface area contributed by atoms with Gasteiger partial charge in [0.15, 0.2) is 11.5 Å². The van der Waals surface area contributed by atoms with Crippen LogP contribution >= 0.6 is 11.6 Å². The maximum atomic E-state index is 13.2. The molecule has 1 heterocycles. The summed E-state index contributed by atoms with van der Waals surface area (Å²) in [6, 6.07) is 2.75. The molecule has 0 spiro atoms. The van der Waals surface area contributed by atoms with Gasteiger partial charge in [-0.3, -0.25) is 0 Å². The molecule has 1 aliphatic carbocycles. The summed E-state index contributed by atoms with van der Waals surface area (Å²) in [6.45, 7) is 0.363. The van der Waals surface area contributed by atoms with E-state index in [1.807, 2.05) is 0 Å². The second-order valence-corrected chi connectivity index (χ2v) is 6.66. The Morgan fingerprint density at radius 1 is 1.32 bits per heavy atom. The van der Waals surface area contributed by atoms with Crippen molar-refractivity contribution >= 4 is 23.6 Å². The van der Waals surface area contributed by atoms with Crippen LogP contribution in [0.5, 0.6) is 11.5 Å². The Morgan fingerprint density at radius 2 is 2.00 bits per heavy atom. The minimum absolute atomic E-state index is 0.101. The van der Waals surface area contributed by atoms with E-state index in [0.717, 1.165) is 31.8 Å². The smallest absolute Gasteiger partial charge is 0.430 e. The Kier molecular flexibility index (Phi) is 4.86. The van der Waals surface area contributed by atoms with Gasteiger partial charge < -0.3 is 14.6 Å². The van der Waals surface area contributed by atoms with E-state index in [2.05, 4.69) is 0 Å². The molecule has 0 radical (unpaired) electrons. The number of hydrogen-bond acceptors (Lipinski definition) is 3. The molecular formula is C17H16ClF3O4. The molecule has 0 saturated heterocycles. The number of benzene rings is 1. The van der Waals surface area contributed by atoms with E-state index in [-0.39, 0.29) is 22.1 Å². The monoisotopic (exact) mass is 376 g/mol. The van der Waals surface area contributed by atoms with Crippen molar-refractivity contribution < 1.29 is 32.5 Å². The van der Waals surface area contributed by atoms with Gasteiger partial charge in [0.05, 0.1) is 12.2 Å². The fraction of sp³-hybridized carbons (Fsp3) is 0.471. The van der Waals surface area contributed by atoms with E-state index in [0.29, 0.717) is 12.5 Å². The Labute approximate surface area is 147 Å². The first-order valence-electron chi connectivity index (χ1n) is 7.90. The number of alkyl halides is 3. The second kappa shape index (κ2) is 6.78. The first kappa shape index (κ1) is 17.9. The highest BCUT2D eigenvalue weighted by Crippen LogP contribution is 2.44. The van der Waals surface area contributed by atoms with Crippen molar-refractivity contribution in [2.75, 3.05) is 6.61 Å². The molecule has 1 aromatic rings. The first-order valence-corrected chi connectivity index (χ1v) is 8.28. The van der Waals surface area contributed by atoms with Gasteiger partial charge in [0, 0.05) is 16.7 Å². The van der Waals surface area contributed by atoms with Crippen molar-refractivity contribution in [3.63, 3.8) is 0 Å². The zero-order chi connectivity index (χ0) is 18.2. The van der Waals surface area contributed by atoms with Crippen LogP contribution in [0.1, 0.15) is 31.2 Å². The van der Waals surface area contributed by atoms with Crippen molar-refractivity contribution in [1.82, 2.24) is 0 Å². The van der Waals surface area contributed by atoms with Gasteiger partial charge in [-0.05, 0) is 30.9 Å². The average molecular weight is 377 g/mol. The van der Waals surface area contributed by atoms with Gasteiger partial charge in [0.1, 0.15) is 0 Å². The third-order valence-corrected chi connectivity index (χ3v) is 4.59. The van der Waals surface area contributed by atoms with Gasteiger partial charge in [0.25, 0.3) is 0 Å². The first-order chi connectivity index (χ1) is 11.8. The highest BCUT2D eigenvalue weighted by molar-refractivity contribution is 6.31. The summed E-state index contributed by atoms with van der Waals surface area (Å²) < 4.78 is 50.3. The zero-order valence-corrected chi connectivity index (χ0v) is 13.9. The van der Waals surface area contributed by atoms with E-state index in [4.69, 9.17) is 26.2 Å². The summed E-state index contributed by atoms with van der Waals surface area (Å²) >= 11 is 6.00. The molecule has 1 fully saturated rings. The van der Waals surface area contributed by atoms with Gasteiger partial charge in [-0.2, -0.15) is 13.2 Å². The van der Waals surface area contributed by atoms with Crippen molar-refractivity contribution in [2.45, 2.75) is 38.0 Å². The summed E-state index contributed by atoms with van der Waals surface area (Å²) in [5.74, 6) is -1.37. The Bertz CT molecular complexity index is 709. The van der Waals surface area contributed by atoms with Crippen LogP contribution in [-0.2, 0) is 4.79 Å². The molecule has 1 saturated carbocycles. The number of aliphatic carboxylic acids is 1. The molecule has 2 aliphatic rings. The van der Waals surface area contributed by atoms with Crippen LogP contribution in [0.2, 0.25) is 5.02 Å². The number of rotatable bonds is 4. The van der Waals surface area contributed by atoms with Crippen molar-refractivity contribution in [3.05, 3.63) is 28.3 Å². The van der Waals surface area contributed by atoms with E-state index in [1.54, 1.807) is 0 Å². The number of halogens is 4. The van der Waals surface area contributed by atoms with Crippen molar-refractivity contribution in [3.8, 4) is 11.5 Å². The lowest BCUT2D eigenvalue weighted by atomic mass is 10.0. The van der Waals surface area contributed by atoms with Gasteiger partial charge >= 0.3 is 12.1 Å². The molecular weight excluding hydrogens is 361 g/mol. The van der Waals surface area contributed by atoms with Crippen LogP contribution in [0.25, 0.3) is 6.08 Å². The summed E-state index contributed by atoms with van der Waals surface area (Å²) in [5, 5.41) is 9.30. The average Bonchev–Trinajstić information content (AvgIpc) is 3.03. The van der Waals surface area contributed by atoms with Gasteiger partial charge in [-0.15, -0.1) is 0 Å². The Hall–Kier alpha value is -1.89. The molecule has 0 amide bonds. The molecule has 1 unspecified atom stereocenters. The SMILES string of the molecule is O=C(O)C1=Cc2cc(Cl)cc(OCC3CCCC3)c2OC1C(F)(F)F. The van der Waals surface area contributed by atoms with Gasteiger partial charge in [0.2, 0.25) is 6.10 Å². The minimum atomic E-state index is -4.86. The molecule has 25 heavy (non-hydrogen) atoms. The maximum Gasteiger partial charge on any atom is 0.430 e. The number of carboxylic acid groups (broad SMARTS) is 1. The lowest BCUT2D eigenvalue weighted by Crippen LogP contribution is -2.40. The van der Waals surface area contributed by atoms with Crippen LogP contribution < -0.4 is 9.47 Å². The quantitative estimate of drug-likeness (QED) is 0.827. The van der Waals surface area contributed by atoms with E-state index in [1.165, 1.54) is 12.1 Å². The summed E-state index contributed by atoms with van der Waals surface area (Å²) in [5.41, 5.74) is -0.726. The normalized spacial score (nSPS) is 20.6. The predicted octanol–water partition coefficient (Wildman–Crippen LogP) is 4.70. The van der Waals surface area contributed by atoms with Crippen molar-refractivity contribution in [2.24, 2.45) is 5.92 Å². The molecule has 8 heteroatoms. The Morgan fingerprint density at radius 3 is 2.60 bits per heavy atom. The molecule has 1 atom stereocenters. The molecule has 0 bridgehead atoms. The van der Waals surface area contributed by atoms with Gasteiger partial charge in [-0.1, -0.05) is 24.4 Å². The number of carboxylic acids is 1. The standard InChI is InChI=1S/C17H16ClF3O4/c18-11-5-10-6-12(16(22)23)15(17(19,20)21)25-14(10)13(7-11)24-8-9-3-1-2-4-9/h5-7,9,15H,1-4,8H2,(H,22,23). The second-order valence-electron chi connectivity index (χ2n) is 6.23. The van der Waals surface area contributed by atoms with Gasteiger partial charge in [-0.25, -0.2) is 4.79 Å². The molecule has 1 aliphatic heterocycles. The molecule has 4 nitrogen and oxygen atoms in total. The Balaban J connectivity index is 1.95. The lowest BCUT2D eigenvalue weighted by molar-refractivity contribution is -0.187. The lowest BCUT2D eigenvalue weighted by Gasteiger charge is -2.28. The third-order valence-electron chi connectivity index (χ3n) is 4.37. The number of carbonyl (C=O) groups is 1. The number of fused-ring (bicyclic) bond motifs is 1. The molecule has 1 aromatic carbocycles.